The molecule has 0 unspecified atom stereocenters. The lowest BCUT2D eigenvalue weighted by Gasteiger charge is -2.38. The second-order valence-corrected chi connectivity index (χ2v) is 11.3. The number of morpholine rings is 1. The predicted octanol–water partition coefficient (Wildman–Crippen LogP) is 3.70. The van der Waals surface area contributed by atoms with Crippen molar-refractivity contribution >= 4 is 39.0 Å². The van der Waals surface area contributed by atoms with Crippen LogP contribution < -0.4 is 15.8 Å². The third-order valence-corrected chi connectivity index (χ3v) is 8.95. The number of nitrogens with one attached hydrogen (secondary N) is 1. The second-order valence-electron chi connectivity index (χ2n) is 10.3. The van der Waals surface area contributed by atoms with Crippen molar-refractivity contribution in [2.24, 2.45) is 12.8 Å². The van der Waals surface area contributed by atoms with Gasteiger partial charge in [0.25, 0.3) is 0 Å². The number of fused-ring (bicyclic) bond motifs is 3. The fourth-order valence-electron chi connectivity index (χ4n) is 6.09. The molecule has 1 saturated carbocycles. The lowest BCUT2D eigenvalue weighted by molar-refractivity contribution is -0.118. The van der Waals surface area contributed by atoms with Crippen molar-refractivity contribution in [3.8, 4) is 5.75 Å². The van der Waals surface area contributed by atoms with Crippen LogP contribution in [0, 0.1) is 0 Å². The topological polar surface area (TPSA) is 108 Å². The maximum atomic E-state index is 11.8. The number of thiophene rings is 1. The molecule has 3 aromatic rings. The number of carbonyl (C=O) groups excluding carboxylic acids is 1. The maximum absolute atomic E-state index is 11.8. The number of pyridine rings is 1. The maximum Gasteiger partial charge on any atom is 0.218 e. The van der Waals surface area contributed by atoms with Crippen molar-refractivity contribution in [3.63, 3.8) is 0 Å². The van der Waals surface area contributed by atoms with Crippen LogP contribution in [0.25, 0.3) is 10.2 Å². The first-order valence-electron chi connectivity index (χ1n) is 13.0. The molecular formula is C26H34N6O3S. The van der Waals surface area contributed by atoms with Crippen LogP contribution in [0.1, 0.15) is 54.9 Å². The van der Waals surface area contributed by atoms with Gasteiger partial charge in [-0.25, -0.2) is 4.98 Å². The van der Waals surface area contributed by atoms with Crippen molar-refractivity contribution in [2.45, 2.75) is 63.0 Å². The molecule has 2 aliphatic carbocycles. The van der Waals surface area contributed by atoms with E-state index in [1.54, 1.807) is 22.2 Å². The van der Waals surface area contributed by atoms with E-state index < -0.39 is 0 Å². The summed E-state index contributed by atoms with van der Waals surface area (Å²) in [6, 6.07) is 2.65. The summed E-state index contributed by atoms with van der Waals surface area (Å²) in [4.78, 5) is 21.6. The number of hydrogen-bond acceptors (Lipinski definition) is 8. The van der Waals surface area contributed by atoms with E-state index in [2.05, 4.69) is 15.3 Å². The molecule has 192 valence electrons. The normalized spacial score (nSPS) is 24.6. The molecule has 0 spiro atoms. The summed E-state index contributed by atoms with van der Waals surface area (Å²) >= 11 is 1.72. The third-order valence-electron chi connectivity index (χ3n) is 7.79. The van der Waals surface area contributed by atoms with Gasteiger partial charge in [-0.05, 0) is 50.0 Å². The van der Waals surface area contributed by atoms with Crippen molar-refractivity contribution in [3.05, 3.63) is 28.9 Å². The van der Waals surface area contributed by atoms with Gasteiger partial charge in [-0.3, -0.25) is 14.4 Å². The van der Waals surface area contributed by atoms with Crippen LogP contribution in [-0.2, 0) is 23.0 Å². The summed E-state index contributed by atoms with van der Waals surface area (Å²) in [5.74, 6) is 1.51. The molecule has 6 rings (SSSR count). The monoisotopic (exact) mass is 510 g/mol. The van der Waals surface area contributed by atoms with Gasteiger partial charge in [-0.15, -0.1) is 11.3 Å². The molecule has 1 amide bonds. The molecule has 0 bridgehead atoms. The Bertz CT molecular complexity index is 1240. The Morgan fingerprint density at radius 1 is 1.25 bits per heavy atom. The molecule has 3 N–H and O–H groups in total. The number of carbonyl (C=O) groups is 1. The average Bonchev–Trinajstić information content (AvgIpc) is 3.56. The SMILES string of the molecule is Cn1cc(Nc2cc(OC3CCC(N4CCOCC4)CC3)c3c4c(sc3n2)CC[C@@H]4CC(N)=O)cn1. The molecule has 4 heterocycles. The minimum atomic E-state index is -0.251. The molecule has 36 heavy (non-hydrogen) atoms. The molecule has 1 saturated heterocycles. The Kier molecular flexibility index (Phi) is 6.57. The lowest BCUT2D eigenvalue weighted by Crippen LogP contribution is -2.46. The number of ether oxygens (including phenoxy) is 2. The van der Waals surface area contributed by atoms with Gasteiger partial charge in [-0.1, -0.05) is 0 Å². The Balaban J connectivity index is 1.28. The first-order valence-corrected chi connectivity index (χ1v) is 13.8. The highest BCUT2D eigenvalue weighted by Gasteiger charge is 2.33. The van der Waals surface area contributed by atoms with Gasteiger partial charge in [0.2, 0.25) is 5.91 Å². The molecule has 1 aliphatic heterocycles. The summed E-state index contributed by atoms with van der Waals surface area (Å²) in [7, 11) is 1.90. The lowest BCUT2D eigenvalue weighted by atomic mass is 9.91. The zero-order chi connectivity index (χ0) is 24.6. The number of amides is 1. The number of hydrogen-bond donors (Lipinski definition) is 2. The Labute approximate surface area is 214 Å². The van der Waals surface area contributed by atoms with E-state index in [0.717, 1.165) is 92.3 Å². The zero-order valence-electron chi connectivity index (χ0n) is 20.7. The van der Waals surface area contributed by atoms with Gasteiger partial charge in [0.05, 0.1) is 36.6 Å². The van der Waals surface area contributed by atoms with Crippen molar-refractivity contribution in [1.29, 1.82) is 0 Å². The Morgan fingerprint density at radius 2 is 2.06 bits per heavy atom. The predicted molar refractivity (Wildman–Crippen MR) is 140 cm³/mol. The van der Waals surface area contributed by atoms with E-state index in [9.17, 15) is 4.79 Å². The van der Waals surface area contributed by atoms with E-state index >= 15 is 0 Å². The average molecular weight is 511 g/mol. The van der Waals surface area contributed by atoms with Crippen molar-refractivity contribution < 1.29 is 14.3 Å². The molecule has 3 aromatic heterocycles. The molecule has 0 aromatic carbocycles. The molecule has 1 atom stereocenters. The molecule has 2 fully saturated rings. The van der Waals surface area contributed by atoms with E-state index in [1.165, 1.54) is 10.4 Å². The highest BCUT2D eigenvalue weighted by atomic mass is 32.1. The van der Waals surface area contributed by atoms with Crippen LogP contribution >= 0.6 is 11.3 Å². The molecule has 0 radical (unpaired) electrons. The van der Waals surface area contributed by atoms with Gasteiger partial charge >= 0.3 is 0 Å². The standard InChI is InChI=1S/C26H34N6O3S/c1-31-15-17(14-28-31)29-23-13-20(35-19-5-3-18(4-6-19)32-8-10-34-11-9-32)25-24-16(12-22(27)33)2-7-21(24)36-26(25)30-23/h13-16,18-19H,2-12H2,1H3,(H2,27,33)(H,29,30)/t16-,18?,19?/m1/s1. The van der Waals surface area contributed by atoms with E-state index in [0.29, 0.717) is 12.5 Å². The summed E-state index contributed by atoms with van der Waals surface area (Å²) in [5.41, 5.74) is 7.72. The molecular weight excluding hydrogens is 476 g/mol. The zero-order valence-corrected chi connectivity index (χ0v) is 21.6. The van der Waals surface area contributed by atoms with E-state index in [1.807, 2.05) is 19.3 Å². The van der Waals surface area contributed by atoms with E-state index in [4.69, 9.17) is 20.2 Å². The Morgan fingerprint density at radius 3 is 2.78 bits per heavy atom. The number of aromatic nitrogens is 3. The minimum absolute atomic E-state index is 0.143. The number of aryl methyl sites for hydroxylation is 2. The number of nitrogens with zero attached hydrogens (tertiary/aromatic N) is 4. The Hall–Kier alpha value is -2.69. The highest BCUT2D eigenvalue weighted by Crippen LogP contribution is 2.49. The number of primary amides is 1. The van der Waals surface area contributed by atoms with Crippen molar-refractivity contribution in [1.82, 2.24) is 19.7 Å². The fraction of sp³-hybridized carbons (Fsp3) is 0.577. The van der Waals surface area contributed by atoms with Crippen molar-refractivity contribution in [2.75, 3.05) is 31.6 Å². The summed E-state index contributed by atoms with van der Waals surface area (Å²) < 4.78 is 14.1. The second kappa shape index (κ2) is 9.99. The van der Waals surface area contributed by atoms with Crippen LogP contribution in [0.3, 0.4) is 0 Å². The quantitative estimate of drug-likeness (QED) is 0.499. The number of rotatable bonds is 7. The highest BCUT2D eigenvalue weighted by molar-refractivity contribution is 7.19. The summed E-state index contributed by atoms with van der Waals surface area (Å²) in [6.45, 7) is 3.75. The minimum Gasteiger partial charge on any atom is -0.490 e. The largest absolute Gasteiger partial charge is 0.490 e. The molecule has 9 nitrogen and oxygen atoms in total. The van der Waals surface area contributed by atoms with Gasteiger partial charge in [0.15, 0.2) is 0 Å². The van der Waals surface area contributed by atoms with Crippen LogP contribution in [0.4, 0.5) is 11.5 Å². The fourth-order valence-corrected chi connectivity index (χ4v) is 7.38. The van der Waals surface area contributed by atoms with Crippen LogP contribution in [0.5, 0.6) is 5.75 Å². The van der Waals surface area contributed by atoms with Crippen LogP contribution in [-0.4, -0.2) is 64.0 Å². The van der Waals surface area contributed by atoms with Gasteiger partial charge in [0.1, 0.15) is 16.4 Å². The van der Waals surface area contributed by atoms with Gasteiger partial charge in [0, 0.05) is 49.7 Å². The summed E-state index contributed by atoms with van der Waals surface area (Å²) in [6.07, 6.45) is 10.5. The molecule has 10 heteroatoms. The summed E-state index contributed by atoms with van der Waals surface area (Å²) in [5, 5.41) is 8.72. The number of nitrogens with two attached hydrogens (primary N) is 1. The van der Waals surface area contributed by atoms with Crippen LogP contribution in [0.2, 0.25) is 0 Å². The van der Waals surface area contributed by atoms with Gasteiger partial charge < -0.3 is 20.5 Å². The first kappa shape index (κ1) is 23.7. The van der Waals surface area contributed by atoms with Gasteiger partial charge in [-0.2, -0.15) is 5.10 Å². The smallest absolute Gasteiger partial charge is 0.218 e. The first-order chi connectivity index (χ1) is 17.5. The number of anilines is 2. The van der Waals surface area contributed by atoms with Crippen LogP contribution in [0.15, 0.2) is 18.5 Å². The van der Waals surface area contributed by atoms with E-state index in [-0.39, 0.29) is 17.9 Å². The third kappa shape index (κ3) is 4.81. The molecule has 3 aliphatic rings.